The minimum absolute atomic E-state index is 0. The second-order valence-electron chi connectivity index (χ2n) is 18.1. The molecule has 4 atom stereocenters. The molecule has 0 saturated carbocycles. The summed E-state index contributed by atoms with van der Waals surface area (Å²) >= 11 is 0. The number of alkyl carbamates (subject to hydrolysis) is 1. The van der Waals surface area contributed by atoms with Gasteiger partial charge in [-0.2, -0.15) is 0 Å². The third kappa shape index (κ3) is 16.4. The molecule has 69 heavy (non-hydrogen) atoms. The lowest BCUT2D eigenvalue weighted by Gasteiger charge is -2.23. The lowest BCUT2D eigenvalue weighted by Crippen LogP contribution is -2.36. The van der Waals surface area contributed by atoms with Crippen molar-refractivity contribution >= 4 is 42.1 Å². The number of nitrogens with one attached hydrogen (secondary N) is 3. The number of benzene rings is 4. The Morgan fingerprint density at radius 1 is 0.609 bits per heavy atom. The number of rotatable bonds is 15. The number of hydrogen-bond donors (Lipinski definition) is 6. The maximum Gasteiger partial charge on any atom is 0.407 e. The van der Waals surface area contributed by atoms with Crippen LogP contribution in [0.4, 0.5) is 4.79 Å². The average Bonchev–Trinajstić information content (AvgIpc) is 3.96. The predicted octanol–water partition coefficient (Wildman–Crippen LogP) is 3.82. The van der Waals surface area contributed by atoms with E-state index in [2.05, 4.69) is 16.0 Å². The molecule has 3 saturated heterocycles. The van der Waals surface area contributed by atoms with Crippen molar-refractivity contribution in [2.75, 3.05) is 39.4 Å². The number of aliphatic hydroxyl groups is 2. The van der Waals surface area contributed by atoms with E-state index in [0.29, 0.717) is 61.9 Å². The smallest absolute Gasteiger partial charge is 0.407 e. The van der Waals surface area contributed by atoms with Gasteiger partial charge in [-0.25, -0.2) is 4.79 Å². The third-order valence-corrected chi connectivity index (χ3v) is 11.0. The van der Waals surface area contributed by atoms with Crippen molar-refractivity contribution in [3.05, 3.63) is 130 Å². The molecule has 0 unspecified atom stereocenters. The first kappa shape index (κ1) is 53.7. The summed E-state index contributed by atoms with van der Waals surface area (Å²) in [6, 6.07) is 28.4. The zero-order valence-corrected chi connectivity index (χ0v) is 40.3. The van der Waals surface area contributed by atoms with Gasteiger partial charge in [0.1, 0.15) is 29.3 Å². The Morgan fingerprint density at radius 3 is 1.36 bits per heavy atom. The fraction of sp³-hybridized carbons (Fsp3) is 0.420. The van der Waals surface area contributed by atoms with Crippen LogP contribution in [-0.2, 0) is 50.0 Å². The number of hydrogen-bond acceptors (Lipinski definition) is 13. The summed E-state index contributed by atoms with van der Waals surface area (Å²) in [4.78, 5) is 64.2. The molecule has 3 fully saturated rings. The first-order valence-corrected chi connectivity index (χ1v) is 22.4. The van der Waals surface area contributed by atoms with Gasteiger partial charge < -0.3 is 65.4 Å². The maximum atomic E-state index is 12.5. The SMILES string of the molecule is CC(C)(C)OC(=O)NCc1ccc(C(=O)NCc2ccc(OCC(=O)N3C[C@@H]4OC(C)(C)O[C@@H]4C3)cc2)cc1.Cl.NCc1ccc(C(=O)NCc2ccc(OCC(=O)N3C[C@@H](O)[C@@H](O)C3)cc2)cc1. The largest absolute Gasteiger partial charge is 0.484 e. The molecule has 5 amide bonds. The Hall–Kier alpha value is -6.28. The van der Waals surface area contributed by atoms with Gasteiger partial charge in [0.15, 0.2) is 19.0 Å². The Balaban J connectivity index is 0.000000265. The Morgan fingerprint density at radius 2 is 0.971 bits per heavy atom. The molecule has 4 aromatic rings. The van der Waals surface area contributed by atoms with Crippen molar-refractivity contribution in [2.45, 2.75) is 96.6 Å². The van der Waals surface area contributed by atoms with Crippen molar-refractivity contribution in [2.24, 2.45) is 5.73 Å². The highest BCUT2D eigenvalue weighted by molar-refractivity contribution is 5.94. The molecular formula is C50H63ClN6O12. The van der Waals surface area contributed by atoms with E-state index in [9.17, 15) is 34.2 Å². The van der Waals surface area contributed by atoms with E-state index < -0.39 is 29.7 Å². The molecule has 3 aliphatic rings. The van der Waals surface area contributed by atoms with Crippen molar-refractivity contribution in [3.63, 3.8) is 0 Å². The second-order valence-corrected chi connectivity index (χ2v) is 18.1. The number of halogens is 1. The quantitative estimate of drug-likeness (QED) is 0.0995. The van der Waals surface area contributed by atoms with Gasteiger partial charge >= 0.3 is 6.09 Å². The maximum absolute atomic E-state index is 12.5. The van der Waals surface area contributed by atoms with Crippen molar-refractivity contribution < 1.29 is 57.9 Å². The minimum Gasteiger partial charge on any atom is -0.484 e. The summed E-state index contributed by atoms with van der Waals surface area (Å²) in [6.07, 6.45) is -2.51. The van der Waals surface area contributed by atoms with Crippen LogP contribution in [0, 0.1) is 0 Å². The lowest BCUT2D eigenvalue weighted by atomic mass is 10.1. The summed E-state index contributed by atoms with van der Waals surface area (Å²) in [7, 11) is 0. The molecule has 4 aromatic carbocycles. The molecule has 3 aliphatic heterocycles. The number of likely N-dealkylation sites (tertiary alicyclic amines) is 2. The molecule has 3 heterocycles. The zero-order valence-electron chi connectivity index (χ0n) is 39.5. The molecule has 18 nitrogen and oxygen atoms in total. The van der Waals surface area contributed by atoms with Crippen LogP contribution < -0.4 is 31.2 Å². The molecule has 372 valence electrons. The molecule has 19 heteroatoms. The number of nitrogens with zero attached hydrogens (tertiary/aromatic N) is 2. The minimum atomic E-state index is -0.910. The summed E-state index contributed by atoms with van der Waals surface area (Å²) in [5, 5.41) is 27.4. The molecule has 7 rings (SSSR count). The van der Waals surface area contributed by atoms with E-state index >= 15 is 0 Å². The van der Waals surface area contributed by atoms with Crippen LogP contribution in [-0.4, -0.2) is 125 Å². The average molecular weight is 976 g/mol. The number of ether oxygens (including phenoxy) is 5. The van der Waals surface area contributed by atoms with E-state index in [1.165, 1.54) is 4.90 Å². The fourth-order valence-electron chi connectivity index (χ4n) is 7.41. The van der Waals surface area contributed by atoms with Gasteiger partial charge in [0.05, 0.1) is 12.2 Å². The number of nitrogens with two attached hydrogens (primary N) is 1. The summed E-state index contributed by atoms with van der Waals surface area (Å²) in [5.41, 5.74) is 9.67. The van der Waals surface area contributed by atoms with E-state index in [1.54, 1.807) is 98.5 Å². The zero-order chi connectivity index (χ0) is 49.0. The van der Waals surface area contributed by atoms with E-state index in [4.69, 9.17) is 29.4 Å². The van der Waals surface area contributed by atoms with Gasteiger partial charge in [0, 0.05) is 63.5 Å². The van der Waals surface area contributed by atoms with Crippen LogP contribution in [0.5, 0.6) is 11.5 Å². The van der Waals surface area contributed by atoms with Crippen LogP contribution in [0.1, 0.15) is 77.6 Å². The van der Waals surface area contributed by atoms with Gasteiger partial charge in [-0.15, -0.1) is 12.4 Å². The van der Waals surface area contributed by atoms with Crippen LogP contribution in [0.3, 0.4) is 0 Å². The standard InChI is InChI=1S/C29H37N3O7.C21H25N3O5.ClH/c1-28(2,3)39-27(35)31-15-19-6-10-21(11-7-19)26(34)30-14-20-8-12-22(13-9-20)36-18-25(33)32-16-23-24(17-32)38-29(4,5)37-23;22-9-14-1-5-16(6-2-14)21(28)23-10-15-3-7-17(8-4-15)29-13-20(27)24-11-18(25)19(26)12-24;/h6-13,23-24H,14-18H2,1-5H3,(H,30,34)(H,31,35);1-8,18-19,25-26H,9-13,22H2,(H,23,28);1H/t23-,24+;18-,19+;. The Bertz CT molecular complexity index is 2320. The molecule has 0 bridgehead atoms. The summed E-state index contributed by atoms with van der Waals surface area (Å²) in [5.74, 6) is -0.300. The molecular weight excluding hydrogens is 912 g/mol. The number of carbonyl (C=O) groups excluding carboxylic acids is 5. The van der Waals surface area contributed by atoms with Crippen LogP contribution in [0.25, 0.3) is 0 Å². The predicted molar refractivity (Wildman–Crippen MR) is 256 cm³/mol. The number of β-amino-alcohol motifs (C(OH)–C–C–N with tert-alkyl or cyclic N) is 2. The molecule has 0 aromatic heterocycles. The highest BCUT2D eigenvalue weighted by atomic mass is 35.5. The molecule has 0 radical (unpaired) electrons. The molecule has 0 aliphatic carbocycles. The number of aliphatic hydroxyl groups excluding tert-OH is 2. The van der Waals surface area contributed by atoms with Crippen molar-refractivity contribution in [1.82, 2.24) is 25.8 Å². The number of amides is 5. The van der Waals surface area contributed by atoms with Crippen molar-refractivity contribution in [1.29, 1.82) is 0 Å². The number of carbonyl (C=O) groups is 5. The Labute approximate surface area is 408 Å². The van der Waals surface area contributed by atoms with Gasteiger partial charge in [-0.1, -0.05) is 48.5 Å². The summed E-state index contributed by atoms with van der Waals surface area (Å²) < 4.78 is 28.0. The lowest BCUT2D eigenvalue weighted by molar-refractivity contribution is -0.161. The summed E-state index contributed by atoms with van der Waals surface area (Å²) in [6.45, 7) is 11.6. The third-order valence-electron chi connectivity index (χ3n) is 11.0. The van der Waals surface area contributed by atoms with E-state index in [0.717, 1.165) is 22.3 Å². The van der Waals surface area contributed by atoms with Crippen LogP contribution in [0.2, 0.25) is 0 Å². The van der Waals surface area contributed by atoms with Gasteiger partial charge in [0.2, 0.25) is 0 Å². The van der Waals surface area contributed by atoms with Gasteiger partial charge in [-0.05, 0) is 105 Å². The van der Waals surface area contributed by atoms with E-state index in [1.807, 2.05) is 38.1 Å². The Kier molecular flexibility index (Phi) is 18.9. The van der Waals surface area contributed by atoms with Crippen molar-refractivity contribution in [3.8, 4) is 11.5 Å². The second kappa shape index (κ2) is 24.3. The number of fused-ring (bicyclic) bond motifs is 1. The highest BCUT2D eigenvalue weighted by Crippen LogP contribution is 2.33. The topological polar surface area (TPSA) is 241 Å². The molecule has 0 spiro atoms. The van der Waals surface area contributed by atoms with Crippen LogP contribution in [0.15, 0.2) is 97.1 Å². The monoisotopic (exact) mass is 974 g/mol. The highest BCUT2D eigenvalue weighted by Gasteiger charge is 2.48. The molecule has 7 N–H and O–H groups in total. The normalized spacial score (nSPS) is 19.0. The van der Waals surface area contributed by atoms with Gasteiger partial charge in [-0.3, -0.25) is 19.2 Å². The van der Waals surface area contributed by atoms with Gasteiger partial charge in [0.25, 0.3) is 23.6 Å². The fourth-order valence-corrected chi connectivity index (χ4v) is 7.41. The first-order chi connectivity index (χ1) is 32.3. The van der Waals surface area contributed by atoms with E-state index in [-0.39, 0.29) is 74.5 Å². The van der Waals surface area contributed by atoms with Crippen LogP contribution >= 0.6 is 12.4 Å². The first-order valence-electron chi connectivity index (χ1n) is 22.4.